The van der Waals surface area contributed by atoms with E-state index >= 15 is 0 Å². The molecule has 6 nitrogen and oxygen atoms in total. The van der Waals surface area contributed by atoms with Gasteiger partial charge in [-0.1, -0.05) is 18.2 Å². The van der Waals surface area contributed by atoms with Gasteiger partial charge in [-0.2, -0.15) is 11.8 Å². The van der Waals surface area contributed by atoms with Crippen molar-refractivity contribution in [2.75, 3.05) is 16.3 Å². The Balaban J connectivity index is 1.67. The summed E-state index contributed by atoms with van der Waals surface area (Å²) in [6, 6.07) is 18.3. The fourth-order valence-corrected chi connectivity index (χ4v) is 3.99. The predicted molar refractivity (Wildman–Crippen MR) is 113 cm³/mol. The highest BCUT2D eigenvalue weighted by molar-refractivity contribution is 7.97. The lowest BCUT2D eigenvalue weighted by molar-refractivity contribution is 0.102. The number of aromatic nitrogens is 1. The largest absolute Gasteiger partial charge is 0.322 e. The van der Waals surface area contributed by atoms with Crippen LogP contribution in [0, 0.1) is 0 Å². The minimum absolute atomic E-state index is 0.0811. The SMILES string of the molecule is CSCc1ccc(C(=O)Nc2ccc(S(=O)(=O)Nc3ccccn3)cc2)cc1. The Hall–Kier alpha value is -2.84. The fraction of sp³-hybridized carbons (Fsp3) is 0.100. The van der Waals surface area contributed by atoms with Crippen LogP contribution in [0.4, 0.5) is 11.5 Å². The third kappa shape index (κ3) is 5.11. The quantitative estimate of drug-likeness (QED) is 0.611. The van der Waals surface area contributed by atoms with E-state index in [0.717, 1.165) is 11.3 Å². The van der Waals surface area contributed by atoms with Crippen LogP contribution in [0.1, 0.15) is 15.9 Å². The zero-order valence-electron chi connectivity index (χ0n) is 15.1. The van der Waals surface area contributed by atoms with E-state index in [-0.39, 0.29) is 16.6 Å². The van der Waals surface area contributed by atoms with Gasteiger partial charge in [-0.15, -0.1) is 0 Å². The number of carbonyl (C=O) groups is 1. The summed E-state index contributed by atoms with van der Waals surface area (Å²) in [6.07, 6.45) is 3.53. The summed E-state index contributed by atoms with van der Waals surface area (Å²) in [5.41, 5.74) is 2.20. The van der Waals surface area contributed by atoms with Gasteiger partial charge in [0.15, 0.2) is 0 Å². The van der Waals surface area contributed by atoms with Crippen LogP contribution in [0.2, 0.25) is 0 Å². The number of thioether (sulfide) groups is 1. The van der Waals surface area contributed by atoms with E-state index in [0.29, 0.717) is 11.3 Å². The lowest BCUT2D eigenvalue weighted by atomic mass is 10.1. The number of anilines is 2. The number of nitrogens with one attached hydrogen (secondary N) is 2. The van der Waals surface area contributed by atoms with E-state index in [4.69, 9.17) is 0 Å². The van der Waals surface area contributed by atoms with Crippen LogP contribution in [-0.2, 0) is 15.8 Å². The monoisotopic (exact) mass is 413 g/mol. The van der Waals surface area contributed by atoms with Crippen LogP contribution in [0.25, 0.3) is 0 Å². The molecule has 0 fully saturated rings. The first kappa shape index (κ1) is 19.9. The molecule has 3 rings (SSSR count). The summed E-state index contributed by atoms with van der Waals surface area (Å²) >= 11 is 1.72. The Morgan fingerprint density at radius 1 is 1.00 bits per heavy atom. The fourth-order valence-electron chi connectivity index (χ4n) is 2.46. The van der Waals surface area contributed by atoms with E-state index in [2.05, 4.69) is 15.0 Å². The van der Waals surface area contributed by atoms with Crippen LogP contribution >= 0.6 is 11.8 Å². The van der Waals surface area contributed by atoms with Gasteiger partial charge in [0, 0.05) is 23.2 Å². The molecule has 0 saturated carbocycles. The second-order valence-electron chi connectivity index (χ2n) is 5.93. The van der Waals surface area contributed by atoms with E-state index in [9.17, 15) is 13.2 Å². The van der Waals surface area contributed by atoms with Crippen molar-refractivity contribution in [3.63, 3.8) is 0 Å². The van der Waals surface area contributed by atoms with Crippen LogP contribution < -0.4 is 10.0 Å². The number of sulfonamides is 1. The van der Waals surface area contributed by atoms with Crippen molar-refractivity contribution in [2.45, 2.75) is 10.6 Å². The van der Waals surface area contributed by atoms with Crippen molar-refractivity contribution < 1.29 is 13.2 Å². The number of hydrogen-bond acceptors (Lipinski definition) is 5. The first-order valence-electron chi connectivity index (χ1n) is 8.41. The number of amides is 1. The standard InChI is InChI=1S/C20H19N3O3S2/c1-27-14-15-5-7-16(8-6-15)20(24)22-17-9-11-18(12-10-17)28(25,26)23-19-4-2-3-13-21-19/h2-13H,14H2,1H3,(H,21,23)(H,22,24). The number of nitrogens with zero attached hydrogens (tertiary/aromatic N) is 1. The number of benzene rings is 2. The minimum Gasteiger partial charge on any atom is -0.322 e. The average molecular weight is 414 g/mol. The third-order valence-electron chi connectivity index (χ3n) is 3.85. The topological polar surface area (TPSA) is 88.2 Å². The van der Waals surface area contributed by atoms with Gasteiger partial charge >= 0.3 is 0 Å². The smallest absolute Gasteiger partial charge is 0.263 e. The normalized spacial score (nSPS) is 11.0. The summed E-state index contributed by atoms with van der Waals surface area (Å²) in [6.45, 7) is 0. The van der Waals surface area contributed by atoms with Gasteiger partial charge in [-0.3, -0.25) is 9.52 Å². The van der Waals surface area contributed by atoms with Gasteiger partial charge in [-0.05, 0) is 60.4 Å². The van der Waals surface area contributed by atoms with Gasteiger partial charge in [0.2, 0.25) is 0 Å². The van der Waals surface area contributed by atoms with E-state index in [1.807, 2.05) is 18.4 Å². The molecule has 8 heteroatoms. The molecule has 0 aliphatic rings. The summed E-state index contributed by atoms with van der Waals surface area (Å²) in [5, 5.41) is 2.77. The summed E-state index contributed by atoms with van der Waals surface area (Å²) < 4.78 is 27.2. The van der Waals surface area contributed by atoms with Crippen LogP contribution in [0.15, 0.2) is 77.8 Å². The Morgan fingerprint density at radius 2 is 1.71 bits per heavy atom. The van der Waals surface area contributed by atoms with Gasteiger partial charge in [0.05, 0.1) is 4.90 Å². The predicted octanol–water partition coefficient (Wildman–Crippen LogP) is 4.00. The Kier molecular flexibility index (Phi) is 6.33. The summed E-state index contributed by atoms with van der Waals surface area (Å²) in [7, 11) is -3.75. The number of carbonyl (C=O) groups excluding carboxylic acids is 1. The molecule has 1 aromatic heterocycles. The lowest BCUT2D eigenvalue weighted by Gasteiger charge is -2.09. The molecule has 2 aromatic carbocycles. The molecule has 0 spiro atoms. The molecule has 0 aliphatic heterocycles. The van der Waals surface area contributed by atoms with E-state index < -0.39 is 10.0 Å². The molecule has 0 saturated heterocycles. The molecule has 0 unspecified atom stereocenters. The molecule has 0 bridgehead atoms. The number of hydrogen-bond donors (Lipinski definition) is 2. The molecular formula is C20H19N3O3S2. The van der Waals surface area contributed by atoms with Crippen molar-refractivity contribution in [3.05, 3.63) is 84.1 Å². The number of rotatable bonds is 7. The molecule has 144 valence electrons. The maximum atomic E-state index is 12.4. The van der Waals surface area contributed by atoms with Crippen molar-refractivity contribution in [2.24, 2.45) is 0 Å². The Labute approximate surface area is 168 Å². The second-order valence-corrected chi connectivity index (χ2v) is 8.48. The highest BCUT2D eigenvalue weighted by atomic mass is 32.2. The first-order chi connectivity index (χ1) is 13.5. The zero-order valence-corrected chi connectivity index (χ0v) is 16.8. The highest BCUT2D eigenvalue weighted by Gasteiger charge is 2.15. The van der Waals surface area contributed by atoms with Crippen LogP contribution in [0.3, 0.4) is 0 Å². The van der Waals surface area contributed by atoms with Crippen molar-refractivity contribution in [1.82, 2.24) is 4.98 Å². The third-order valence-corrected chi connectivity index (χ3v) is 5.85. The molecule has 1 heterocycles. The van der Waals surface area contributed by atoms with Crippen molar-refractivity contribution in [3.8, 4) is 0 Å². The second kappa shape index (κ2) is 8.90. The molecule has 2 N–H and O–H groups in total. The van der Waals surface area contributed by atoms with Gasteiger partial charge in [0.1, 0.15) is 5.82 Å². The van der Waals surface area contributed by atoms with Crippen LogP contribution in [-0.4, -0.2) is 25.6 Å². The molecule has 28 heavy (non-hydrogen) atoms. The Bertz CT molecular complexity index is 1040. The average Bonchev–Trinajstić information content (AvgIpc) is 2.69. The minimum atomic E-state index is -3.75. The molecule has 3 aromatic rings. The maximum absolute atomic E-state index is 12.4. The molecular weight excluding hydrogens is 394 g/mol. The molecule has 0 radical (unpaired) electrons. The first-order valence-corrected chi connectivity index (χ1v) is 11.3. The van der Waals surface area contributed by atoms with Crippen molar-refractivity contribution in [1.29, 1.82) is 0 Å². The van der Waals surface area contributed by atoms with Gasteiger partial charge in [0.25, 0.3) is 15.9 Å². The van der Waals surface area contributed by atoms with Gasteiger partial charge < -0.3 is 5.32 Å². The summed E-state index contributed by atoms with van der Waals surface area (Å²) in [4.78, 5) is 16.4. The van der Waals surface area contributed by atoms with E-state index in [1.165, 1.54) is 18.3 Å². The molecule has 0 aliphatic carbocycles. The lowest BCUT2D eigenvalue weighted by Crippen LogP contribution is -2.14. The number of pyridine rings is 1. The molecule has 1 amide bonds. The zero-order chi connectivity index (χ0) is 20.0. The van der Waals surface area contributed by atoms with Crippen LogP contribution in [0.5, 0.6) is 0 Å². The van der Waals surface area contributed by atoms with Crippen molar-refractivity contribution >= 4 is 39.2 Å². The Morgan fingerprint density at radius 3 is 2.32 bits per heavy atom. The molecule has 0 atom stereocenters. The van der Waals surface area contributed by atoms with E-state index in [1.54, 1.807) is 54.2 Å². The highest BCUT2D eigenvalue weighted by Crippen LogP contribution is 2.18. The van der Waals surface area contributed by atoms with Gasteiger partial charge in [-0.25, -0.2) is 13.4 Å². The maximum Gasteiger partial charge on any atom is 0.263 e. The summed E-state index contributed by atoms with van der Waals surface area (Å²) in [5.74, 6) is 0.882.